The molecule has 8 heteroatoms. The zero-order valence-electron chi connectivity index (χ0n) is 21.9. The summed E-state index contributed by atoms with van der Waals surface area (Å²) < 4.78 is 13.0. The minimum atomic E-state index is -1.53. The lowest BCUT2D eigenvalue weighted by Crippen LogP contribution is -2.68. The molecule has 4 aliphatic carbocycles. The molecule has 6 rings (SSSR count). The summed E-state index contributed by atoms with van der Waals surface area (Å²) in [5.74, 6) is -4.11. The summed E-state index contributed by atoms with van der Waals surface area (Å²) in [7, 11) is 0. The molecule has 4 aliphatic rings. The zero-order valence-corrected chi connectivity index (χ0v) is 21.9. The largest absolute Gasteiger partial charge is 0.481 e. The molecule has 38 heavy (non-hydrogen) atoms. The lowest BCUT2D eigenvalue weighted by molar-refractivity contribution is -0.205. The maximum Gasteiger partial charge on any atom is 0.311 e. The minimum absolute atomic E-state index is 0.0419. The number of nitrogens with one attached hydrogen (secondary N) is 1. The summed E-state index contributed by atoms with van der Waals surface area (Å²) in [4.78, 5) is 27.6. The monoisotopic (exact) mass is 523 g/mol. The maximum atomic E-state index is 14.3. The van der Waals surface area contributed by atoms with E-state index in [-0.39, 0.29) is 19.3 Å². The van der Waals surface area contributed by atoms with E-state index in [0.29, 0.717) is 22.3 Å². The molecule has 0 aliphatic heterocycles. The quantitative estimate of drug-likeness (QED) is 0.398. The third-order valence-electron chi connectivity index (χ3n) is 8.27. The first kappa shape index (κ1) is 26.8. The minimum Gasteiger partial charge on any atom is -0.481 e. The number of aliphatic carboxylic acids is 1. The van der Waals surface area contributed by atoms with Gasteiger partial charge in [0.15, 0.2) is 0 Å². The molecule has 4 unspecified atom stereocenters. The van der Waals surface area contributed by atoms with Crippen molar-refractivity contribution in [2.45, 2.75) is 75.4 Å². The van der Waals surface area contributed by atoms with Crippen molar-refractivity contribution < 1.29 is 34.4 Å². The van der Waals surface area contributed by atoms with Gasteiger partial charge in [0.25, 0.3) is 0 Å². The van der Waals surface area contributed by atoms with Crippen molar-refractivity contribution in [1.82, 2.24) is 5.32 Å². The van der Waals surface area contributed by atoms with Crippen LogP contribution in [0.3, 0.4) is 0 Å². The Balaban J connectivity index is 1.79. The highest BCUT2D eigenvalue weighted by Gasteiger charge is 2.71. The predicted octanol–water partition coefficient (Wildman–Crippen LogP) is 3.06. The number of carboxylic acid groups (broad SMARTS) is 1. The van der Waals surface area contributed by atoms with E-state index in [1.165, 1.54) is 0 Å². The van der Waals surface area contributed by atoms with Gasteiger partial charge in [-0.3, -0.25) is 9.59 Å². The second-order valence-electron chi connectivity index (χ2n) is 11.0. The summed E-state index contributed by atoms with van der Waals surface area (Å²) in [6.07, 6.45) is 3.13. The standard InChI is InChI=1S/C30H37NO7/c1-18(32)16-37-29-21-12-6-8-14-23(21)30(38-17-19(2)33,24-15-9-7-13-22(24)29)26(28(35)36)25(29)27(34)31-20-10-4-3-5-11-20/h6-9,12-15,18-20,25-26,32-33H,3-5,10-11,16-17H2,1-2H3,(H,31,34)(H,35,36). The molecule has 204 valence electrons. The summed E-state index contributed by atoms with van der Waals surface area (Å²) in [5.41, 5.74) is -0.502. The highest BCUT2D eigenvalue weighted by Crippen LogP contribution is 2.65. The Morgan fingerprint density at radius 3 is 1.63 bits per heavy atom. The Morgan fingerprint density at radius 1 is 0.816 bits per heavy atom. The smallest absolute Gasteiger partial charge is 0.311 e. The molecule has 4 atom stereocenters. The van der Waals surface area contributed by atoms with E-state index in [1.807, 2.05) is 48.5 Å². The van der Waals surface area contributed by atoms with Crippen molar-refractivity contribution in [3.63, 3.8) is 0 Å². The Bertz CT molecular complexity index is 1140. The number of carboxylic acids is 1. The van der Waals surface area contributed by atoms with Crippen LogP contribution in [0.2, 0.25) is 0 Å². The molecular formula is C30H37NO7. The lowest BCUT2D eigenvalue weighted by atomic mass is 9.49. The van der Waals surface area contributed by atoms with Crippen molar-refractivity contribution >= 4 is 11.9 Å². The Hall–Kier alpha value is -2.78. The average Bonchev–Trinajstić information content (AvgIpc) is 2.91. The summed E-state index contributed by atoms with van der Waals surface area (Å²) in [5, 5.41) is 34.5. The number of aliphatic hydroxyl groups is 2. The van der Waals surface area contributed by atoms with E-state index >= 15 is 0 Å². The van der Waals surface area contributed by atoms with Gasteiger partial charge in [0.05, 0.1) is 31.3 Å². The van der Waals surface area contributed by atoms with Crippen LogP contribution in [0, 0.1) is 11.8 Å². The van der Waals surface area contributed by atoms with Crippen LogP contribution < -0.4 is 5.32 Å². The first-order valence-corrected chi connectivity index (χ1v) is 13.6. The van der Waals surface area contributed by atoms with Crippen LogP contribution >= 0.6 is 0 Å². The van der Waals surface area contributed by atoms with E-state index in [1.54, 1.807) is 13.8 Å². The number of benzene rings is 2. The fraction of sp³-hybridized carbons (Fsp3) is 0.533. The maximum absolute atomic E-state index is 14.3. The van der Waals surface area contributed by atoms with E-state index in [4.69, 9.17) is 9.47 Å². The van der Waals surface area contributed by atoms with Crippen molar-refractivity contribution in [3.05, 3.63) is 70.8 Å². The van der Waals surface area contributed by atoms with Crippen molar-refractivity contribution in [2.24, 2.45) is 11.8 Å². The SMILES string of the molecule is CC(O)COC12c3ccccc3C(OCC(C)O)(c3ccccc31)C(C(=O)NC1CCCCC1)C2C(=O)O. The van der Waals surface area contributed by atoms with Gasteiger partial charge in [-0.2, -0.15) is 0 Å². The number of aliphatic hydroxyl groups excluding tert-OH is 2. The van der Waals surface area contributed by atoms with E-state index in [0.717, 1.165) is 32.1 Å². The van der Waals surface area contributed by atoms with Crippen LogP contribution in [0.15, 0.2) is 48.5 Å². The number of fused-ring (bicyclic) bond motifs is 1. The first-order chi connectivity index (χ1) is 18.2. The van der Waals surface area contributed by atoms with Crippen LogP contribution in [-0.2, 0) is 30.3 Å². The number of rotatable bonds is 9. The molecule has 1 fully saturated rings. The van der Waals surface area contributed by atoms with Gasteiger partial charge in [0.2, 0.25) is 5.91 Å². The van der Waals surface area contributed by atoms with Crippen LogP contribution in [0.1, 0.15) is 68.2 Å². The second-order valence-corrected chi connectivity index (χ2v) is 11.0. The van der Waals surface area contributed by atoms with Gasteiger partial charge in [-0.1, -0.05) is 67.8 Å². The highest BCUT2D eigenvalue weighted by atomic mass is 16.5. The fourth-order valence-corrected chi connectivity index (χ4v) is 6.88. The number of amides is 1. The molecule has 0 saturated heterocycles. The molecule has 0 aromatic heterocycles. The molecule has 2 aromatic carbocycles. The first-order valence-electron chi connectivity index (χ1n) is 13.6. The highest BCUT2D eigenvalue weighted by molar-refractivity contribution is 5.91. The van der Waals surface area contributed by atoms with Gasteiger partial charge in [-0.25, -0.2) is 0 Å². The number of hydrogen-bond donors (Lipinski definition) is 4. The summed E-state index contributed by atoms with van der Waals surface area (Å²) >= 11 is 0. The molecule has 8 nitrogen and oxygen atoms in total. The van der Waals surface area contributed by atoms with Crippen LogP contribution in [-0.4, -0.2) is 58.7 Å². The van der Waals surface area contributed by atoms with Gasteiger partial charge in [0.1, 0.15) is 17.1 Å². The third kappa shape index (κ3) is 4.14. The normalized spacial score (nSPS) is 29.7. The van der Waals surface area contributed by atoms with Crippen LogP contribution in [0.5, 0.6) is 0 Å². The van der Waals surface area contributed by atoms with Crippen molar-refractivity contribution in [3.8, 4) is 0 Å². The van der Waals surface area contributed by atoms with Gasteiger partial charge < -0.3 is 30.1 Å². The molecule has 4 N–H and O–H groups in total. The van der Waals surface area contributed by atoms with E-state index in [9.17, 15) is 24.9 Å². The van der Waals surface area contributed by atoms with Crippen LogP contribution in [0.25, 0.3) is 0 Å². The average molecular weight is 524 g/mol. The number of ether oxygens (including phenoxy) is 2. The van der Waals surface area contributed by atoms with Gasteiger partial charge >= 0.3 is 5.97 Å². The predicted molar refractivity (Wildman–Crippen MR) is 139 cm³/mol. The van der Waals surface area contributed by atoms with E-state index in [2.05, 4.69) is 5.32 Å². The van der Waals surface area contributed by atoms with E-state index < -0.39 is 47.1 Å². The molecule has 1 saturated carbocycles. The van der Waals surface area contributed by atoms with Gasteiger partial charge in [-0.05, 0) is 48.9 Å². The molecule has 1 amide bonds. The second kappa shape index (κ2) is 10.4. The topological polar surface area (TPSA) is 125 Å². The van der Waals surface area contributed by atoms with Gasteiger partial charge in [0, 0.05) is 6.04 Å². The van der Waals surface area contributed by atoms with Crippen LogP contribution in [0.4, 0.5) is 0 Å². The molecule has 0 heterocycles. The summed E-state index contributed by atoms with van der Waals surface area (Å²) in [6, 6.07) is 14.6. The number of carbonyl (C=O) groups is 2. The molecule has 0 spiro atoms. The summed E-state index contributed by atoms with van der Waals surface area (Å²) in [6.45, 7) is 2.97. The third-order valence-corrected chi connectivity index (χ3v) is 8.27. The van der Waals surface area contributed by atoms with Crippen molar-refractivity contribution in [1.29, 1.82) is 0 Å². The molecule has 2 aromatic rings. The molecule has 2 bridgehead atoms. The lowest BCUT2D eigenvalue weighted by Gasteiger charge is -2.60. The number of carbonyl (C=O) groups excluding carboxylic acids is 1. The Kier molecular flexibility index (Phi) is 7.35. The van der Waals surface area contributed by atoms with Gasteiger partial charge in [-0.15, -0.1) is 0 Å². The Labute approximate surface area is 223 Å². The fourth-order valence-electron chi connectivity index (χ4n) is 6.88. The number of hydrogen-bond acceptors (Lipinski definition) is 6. The molecule has 0 radical (unpaired) electrons. The Morgan fingerprint density at radius 2 is 1.24 bits per heavy atom. The zero-order chi connectivity index (χ0) is 27.1. The molecular weight excluding hydrogens is 486 g/mol. The van der Waals surface area contributed by atoms with Crippen molar-refractivity contribution in [2.75, 3.05) is 13.2 Å².